The smallest absolute Gasteiger partial charge is 0.257 e. The van der Waals surface area contributed by atoms with Crippen molar-refractivity contribution in [2.75, 3.05) is 26.9 Å². The van der Waals surface area contributed by atoms with Crippen molar-refractivity contribution in [2.45, 2.75) is 26.7 Å². The first-order valence-electron chi connectivity index (χ1n) is 9.24. The molecule has 1 atom stereocenters. The Morgan fingerprint density at radius 2 is 2.19 bits per heavy atom. The zero-order valence-electron chi connectivity index (χ0n) is 16.1. The summed E-state index contributed by atoms with van der Waals surface area (Å²) in [5, 5.41) is 2.94. The lowest BCUT2D eigenvalue weighted by Gasteiger charge is -2.25. The summed E-state index contributed by atoms with van der Waals surface area (Å²) in [6, 6.07) is 9.60. The number of amides is 1. The topological polar surface area (TPSA) is 69.7 Å². The predicted octanol–water partition coefficient (Wildman–Crippen LogP) is 2.71. The Balaban J connectivity index is 1.47. The highest BCUT2D eigenvalue weighted by Gasteiger charge is 2.21. The molecule has 1 aromatic heterocycles. The van der Waals surface area contributed by atoms with E-state index < -0.39 is 0 Å². The van der Waals surface area contributed by atoms with Crippen LogP contribution in [0.15, 0.2) is 30.3 Å². The van der Waals surface area contributed by atoms with Crippen molar-refractivity contribution in [1.82, 2.24) is 10.3 Å². The van der Waals surface area contributed by atoms with Gasteiger partial charge >= 0.3 is 0 Å². The van der Waals surface area contributed by atoms with Crippen LogP contribution in [0.1, 0.15) is 23.9 Å². The maximum atomic E-state index is 12.1. The van der Waals surface area contributed by atoms with E-state index in [0.29, 0.717) is 18.9 Å². The van der Waals surface area contributed by atoms with Gasteiger partial charge in [-0.15, -0.1) is 0 Å². The molecule has 0 fully saturated rings. The minimum atomic E-state index is -0.141. The van der Waals surface area contributed by atoms with Gasteiger partial charge in [-0.05, 0) is 43.5 Å². The maximum Gasteiger partial charge on any atom is 0.257 e. The quantitative estimate of drug-likeness (QED) is 0.812. The molecule has 1 N–H and O–H groups in total. The number of ether oxygens (including phenoxy) is 3. The van der Waals surface area contributed by atoms with E-state index in [1.165, 1.54) is 0 Å². The fourth-order valence-corrected chi connectivity index (χ4v) is 3.11. The number of hydrogen-bond acceptors (Lipinski definition) is 5. The van der Waals surface area contributed by atoms with Gasteiger partial charge in [-0.2, -0.15) is 0 Å². The van der Waals surface area contributed by atoms with Gasteiger partial charge in [0.25, 0.3) is 5.91 Å². The molecule has 1 unspecified atom stereocenters. The number of benzene rings is 1. The molecule has 0 saturated carbocycles. The summed E-state index contributed by atoms with van der Waals surface area (Å²) in [5.74, 6) is 2.41. The average Bonchev–Trinajstić information content (AvgIpc) is 2.70. The lowest BCUT2D eigenvalue weighted by atomic mass is 9.96. The van der Waals surface area contributed by atoms with Crippen molar-refractivity contribution >= 4 is 5.91 Å². The first-order chi connectivity index (χ1) is 13.1. The Bertz CT molecular complexity index is 807. The zero-order chi connectivity index (χ0) is 19.2. The molecule has 2 heterocycles. The van der Waals surface area contributed by atoms with Crippen LogP contribution in [-0.2, 0) is 17.6 Å². The number of nitrogens with zero attached hydrogens (tertiary/aromatic N) is 1. The van der Waals surface area contributed by atoms with Crippen molar-refractivity contribution in [3.63, 3.8) is 0 Å². The van der Waals surface area contributed by atoms with Crippen molar-refractivity contribution in [2.24, 2.45) is 5.92 Å². The summed E-state index contributed by atoms with van der Waals surface area (Å²) >= 11 is 0. The second kappa shape index (κ2) is 8.75. The van der Waals surface area contributed by atoms with Crippen LogP contribution in [0.4, 0.5) is 0 Å². The number of carbonyl (C=O) groups is 1. The molecule has 0 bridgehead atoms. The van der Waals surface area contributed by atoms with Crippen molar-refractivity contribution in [3.05, 3.63) is 47.3 Å². The fraction of sp³-hybridized carbons (Fsp3) is 0.429. The number of hydrogen-bond donors (Lipinski definition) is 1. The van der Waals surface area contributed by atoms with E-state index in [0.717, 1.165) is 41.3 Å². The molecule has 0 spiro atoms. The maximum absolute atomic E-state index is 12.1. The van der Waals surface area contributed by atoms with Crippen LogP contribution in [0.3, 0.4) is 0 Å². The van der Waals surface area contributed by atoms with Gasteiger partial charge in [-0.25, -0.2) is 0 Å². The summed E-state index contributed by atoms with van der Waals surface area (Å²) in [4.78, 5) is 16.6. The second-order valence-electron chi connectivity index (χ2n) is 6.70. The second-order valence-corrected chi connectivity index (χ2v) is 6.70. The van der Waals surface area contributed by atoms with Crippen molar-refractivity contribution in [3.8, 4) is 17.2 Å². The van der Waals surface area contributed by atoms with Gasteiger partial charge in [0.1, 0.15) is 17.2 Å². The van der Waals surface area contributed by atoms with Crippen LogP contribution < -0.4 is 19.5 Å². The molecule has 0 aliphatic carbocycles. The van der Waals surface area contributed by atoms with Crippen LogP contribution in [0.25, 0.3) is 0 Å². The standard InChI is InChI=1S/C21H26N2O4/c1-4-18-19(8-5-14(2)23-18)27-13-21(24)22-11-15-9-16-6-7-17(25-3)10-20(16)26-12-15/h5-8,10,15H,4,9,11-13H2,1-3H3,(H,22,24). The van der Waals surface area contributed by atoms with Crippen LogP contribution >= 0.6 is 0 Å². The molecule has 1 amide bonds. The van der Waals surface area contributed by atoms with Crippen LogP contribution in [0, 0.1) is 12.8 Å². The molecular formula is C21H26N2O4. The Morgan fingerprint density at radius 1 is 1.33 bits per heavy atom. The third kappa shape index (κ3) is 4.90. The van der Waals surface area contributed by atoms with Gasteiger partial charge in [-0.3, -0.25) is 9.78 Å². The molecule has 6 heteroatoms. The average molecular weight is 370 g/mol. The fourth-order valence-electron chi connectivity index (χ4n) is 3.11. The van der Waals surface area contributed by atoms with Crippen LogP contribution in [-0.4, -0.2) is 37.8 Å². The van der Waals surface area contributed by atoms with E-state index in [1.54, 1.807) is 7.11 Å². The molecule has 2 aromatic rings. The van der Waals surface area contributed by atoms with Gasteiger partial charge in [0.05, 0.1) is 19.4 Å². The number of aromatic nitrogens is 1. The summed E-state index contributed by atoms with van der Waals surface area (Å²) < 4.78 is 16.7. The minimum Gasteiger partial charge on any atom is -0.497 e. The van der Waals surface area contributed by atoms with Crippen molar-refractivity contribution < 1.29 is 19.0 Å². The summed E-state index contributed by atoms with van der Waals surface area (Å²) in [6.45, 7) is 5.07. The number of nitrogens with one attached hydrogen (secondary N) is 1. The first-order valence-corrected chi connectivity index (χ1v) is 9.24. The molecule has 1 aliphatic rings. The molecule has 144 valence electrons. The van der Waals surface area contributed by atoms with Crippen LogP contribution in [0.2, 0.25) is 0 Å². The van der Waals surface area contributed by atoms with Gasteiger partial charge in [-0.1, -0.05) is 13.0 Å². The SMILES string of the molecule is CCc1nc(C)ccc1OCC(=O)NCC1COc2cc(OC)ccc2C1. The van der Waals surface area contributed by atoms with Gasteiger partial charge in [0.2, 0.25) is 0 Å². The third-order valence-corrected chi connectivity index (χ3v) is 4.61. The minimum absolute atomic E-state index is 0.0148. The Hall–Kier alpha value is -2.76. The summed E-state index contributed by atoms with van der Waals surface area (Å²) in [6.07, 6.45) is 1.63. The van der Waals surface area contributed by atoms with Gasteiger partial charge in [0, 0.05) is 24.2 Å². The third-order valence-electron chi connectivity index (χ3n) is 4.61. The lowest BCUT2D eigenvalue weighted by Crippen LogP contribution is -2.37. The highest BCUT2D eigenvalue weighted by Crippen LogP contribution is 2.30. The van der Waals surface area contributed by atoms with E-state index in [9.17, 15) is 4.79 Å². The van der Waals surface area contributed by atoms with Gasteiger partial charge < -0.3 is 19.5 Å². The van der Waals surface area contributed by atoms with E-state index in [1.807, 2.05) is 44.2 Å². The van der Waals surface area contributed by atoms with E-state index >= 15 is 0 Å². The zero-order valence-corrected chi connectivity index (χ0v) is 16.1. The van der Waals surface area contributed by atoms with E-state index in [-0.39, 0.29) is 18.4 Å². The highest BCUT2D eigenvalue weighted by molar-refractivity contribution is 5.77. The number of methoxy groups -OCH3 is 1. The Kier molecular flexibility index (Phi) is 6.16. The number of pyridine rings is 1. The lowest BCUT2D eigenvalue weighted by molar-refractivity contribution is -0.123. The molecule has 27 heavy (non-hydrogen) atoms. The summed E-state index contributed by atoms with van der Waals surface area (Å²) in [5.41, 5.74) is 2.95. The largest absolute Gasteiger partial charge is 0.497 e. The molecular weight excluding hydrogens is 344 g/mol. The van der Waals surface area contributed by atoms with Crippen LogP contribution in [0.5, 0.6) is 17.2 Å². The first kappa shape index (κ1) is 19.0. The molecule has 0 radical (unpaired) electrons. The normalized spacial score (nSPS) is 15.4. The monoisotopic (exact) mass is 370 g/mol. The number of rotatable bonds is 7. The Labute approximate surface area is 159 Å². The molecule has 6 nitrogen and oxygen atoms in total. The number of aryl methyl sites for hydroxylation is 2. The molecule has 1 aliphatic heterocycles. The van der Waals surface area contributed by atoms with Crippen molar-refractivity contribution in [1.29, 1.82) is 0 Å². The number of carbonyl (C=O) groups excluding carboxylic acids is 1. The Morgan fingerprint density at radius 3 is 2.96 bits per heavy atom. The molecule has 1 aromatic carbocycles. The summed E-state index contributed by atoms with van der Waals surface area (Å²) in [7, 11) is 1.64. The number of fused-ring (bicyclic) bond motifs is 1. The van der Waals surface area contributed by atoms with Gasteiger partial charge in [0.15, 0.2) is 6.61 Å². The highest BCUT2D eigenvalue weighted by atomic mass is 16.5. The molecule has 0 saturated heterocycles. The predicted molar refractivity (Wildman–Crippen MR) is 103 cm³/mol. The van der Waals surface area contributed by atoms with E-state index in [4.69, 9.17) is 14.2 Å². The van der Waals surface area contributed by atoms with E-state index in [2.05, 4.69) is 10.3 Å². The molecule has 3 rings (SSSR count).